The molecule has 0 aromatic heterocycles. The van der Waals surface area contributed by atoms with Crippen molar-refractivity contribution in [3.05, 3.63) is 65.2 Å². The molecule has 0 spiro atoms. The Balaban J connectivity index is 1.51. The van der Waals surface area contributed by atoms with Gasteiger partial charge < -0.3 is 15.0 Å². The second kappa shape index (κ2) is 11.1. The van der Waals surface area contributed by atoms with Crippen molar-refractivity contribution in [2.24, 2.45) is 0 Å². The minimum Gasteiger partial charge on any atom is -0.496 e. The lowest BCUT2D eigenvalue weighted by molar-refractivity contribution is -0.174. The van der Waals surface area contributed by atoms with Gasteiger partial charge in [-0.1, -0.05) is 30.3 Å². The molecule has 1 aliphatic rings. The molecule has 1 saturated heterocycles. The molecule has 0 saturated carbocycles. The largest absolute Gasteiger partial charge is 0.496 e. The summed E-state index contributed by atoms with van der Waals surface area (Å²) in [6, 6.07) is 13.4. The number of thioether (sulfide) groups is 1. The maximum absolute atomic E-state index is 12.7. The van der Waals surface area contributed by atoms with E-state index in [0.717, 1.165) is 17.1 Å². The molecule has 182 valence electrons. The average molecular weight is 497 g/mol. The van der Waals surface area contributed by atoms with Crippen LogP contribution in [0.25, 0.3) is 0 Å². The Morgan fingerprint density at radius 1 is 1.09 bits per heavy atom. The van der Waals surface area contributed by atoms with Gasteiger partial charge in [-0.15, -0.1) is 11.8 Å². The van der Waals surface area contributed by atoms with E-state index < -0.39 is 18.0 Å². The third-order valence-corrected chi connectivity index (χ3v) is 6.27. The second-order valence-corrected chi connectivity index (χ2v) is 8.62. The first kappa shape index (κ1) is 25.2. The second-order valence-electron chi connectivity index (χ2n) is 7.31. The maximum atomic E-state index is 12.7. The van der Waals surface area contributed by atoms with Crippen LogP contribution >= 0.6 is 11.8 Å². The predicted molar refractivity (Wildman–Crippen MR) is 120 cm³/mol. The SMILES string of the molecule is COc1ccccc1C1CN(C(=O)NCc2ccc(C(=O)NNC(=O)C(F)(F)F)cc2)CCS1. The molecule has 2 aromatic rings. The molecule has 1 fully saturated rings. The van der Waals surface area contributed by atoms with E-state index in [1.165, 1.54) is 17.6 Å². The molecule has 1 aliphatic heterocycles. The molecule has 1 atom stereocenters. The molecule has 3 rings (SSSR count). The van der Waals surface area contributed by atoms with E-state index in [-0.39, 0.29) is 23.4 Å². The molecular formula is C22H23F3N4O4S. The summed E-state index contributed by atoms with van der Waals surface area (Å²) < 4.78 is 42.0. The number of rotatable bonds is 5. The predicted octanol–water partition coefficient (Wildman–Crippen LogP) is 3.02. The summed E-state index contributed by atoms with van der Waals surface area (Å²) in [6.45, 7) is 1.33. The number of hydrazine groups is 1. The Bertz CT molecular complexity index is 1030. The van der Waals surface area contributed by atoms with Gasteiger partial charge in [-0.05, 0) is 23.8 Å². The lowest BCUT2D eigenvalue weighted by atomic mass is 10.1. The van der Waals surface area contributed by atoms with Crippen molar-refractivity contribution in [2.45, 2.75) is 18.0 Å². The van der Waals surface area contributed by atoms with Gasteiger partial charge in [0.15, 0.2) is 0 Å². The van der Waals surface area contributed by atoms with Gasteiger partial charge in [0.1, 0.15) is 5.75 Å². The molecule has 0 aliphatic carbocycles. The van der Waals surface area contributed by atoms with Crippen molar-refractivity contribution in [3.8, 4) is 5.75 Å². The summed E-state index contributed by atoms with van der Waals surface area (Å²) in [7, 11) is 1.62. The smallest absolute Gasteiger partial charge is 0.472 e. The number of hydrogen-bond donors (Lipinski definition) is 3. The number of carbonyl (C=O) groups is 3. The highest BCUT2D eigenvalue weighted by Crippen LogP contribution is 2.37. The van der Waals surface area contributed by atoms with Crippen LogP contribution in [0.4, 0.5) is 18.0 Å². The number of nitrogens with zero attached hydrogens (tertiary/aromatic N) is 1. The number of para-hydroxylation sites is 1. The number of nitrogens with one attached hydrogen (secondary N) is 3. The summed E-state index contributed by atoms with van der Waals surface area (Å²) in [6.07, 6.45) is -5.10. The number of halogens is 3. The van der Waals surface area contributed by atoms with E-state index in [1.54, 1.807) is 41.3 Å². The van der Waals surface area contributed by atoms with Gasteiger partial charge in [0, 0.05) is 36.5 Å². The van der Waals surface area contributed by atoms with Crippen molar-refractivity contribution in [1.82, 2.24) is 21.1 Å². The summed E-state index contributed by atoms with van der Waals surface area (Å²) in [5.74, 6) is -1.61. The van der Waals surface area contributed by atoms with Gasteiger partial charge in [-0.25, -0.2) is 4.79 Å². The van der Waals surface area contributed by atoms with Crippen molar-refractivity contribution in [1.29, 1.82) is 0 Å². The maximum Gasteiger partial charge on any atom is 0.472 e. The number of ether oxygens (including phenoxy) is 1. The first-order valence-electron chi connectivity index (χ1n) is 10.2. The Morgan fingerprint density at radius 2 is 1.79 bits per heavy atom. The summed E-state index contributed by atoms with van der Waals surface area (Å²) in [4.78, 5) is 37.1. The molecule has 1 unspecified atom stereocenters. The van der Waals surface area contributed by atoms with Gasteiger partial charge in [-0.2, -0.15) is 13.2 Å². The molecule has 0 radical (unpaired) electrons. The highest BCUT2D eigenvalue weighted by molar-refractivity contribution is 7.99. The number of hydrogen-bond acceptors (Lipinski definition) is 5. The molecule has 4 amide bonds. The fraction of sp³-hybridized carbons (Fsp3) is 0.318. The number of urea groups is 1. The Morgan fingerprint density at radius 3 is 2.47 bits per heavy atom. The van der Waals surface area contributed by atoms with Gasteiger partial charge in [-0.3, -0.25) is 20.4 Å². The van der Waals surface area contributed by atoms with Gasteiger partial charge in [0.2, 0.25) is 0 Å². The van der Waals surface area contributed by atoms with Crippen LogP contribution in [0.15, 0.2) is 48.5 Å². The first-order valence-corrected chi connectivity index (χ1v) is 11.3. The molecule has 0 bridgehead atoms. The zero-order chi connectivity index (χ0) is 24.7. The van der Waals surface area contributed by atoms with Gasteiger partial charge in [0.05, 0.1) is 12.4 Å². The summed E-state index contributed by atoms with van der Waals surface area (Å²) in [5, 5.41) is 2.93. The standard InChI is InChI=1S/C22H23F3N4O4S/c1-33-17-5-3-2-4-16(17)18-13-29(10-11-34-18)21(32)26-12-14-6-8-15(9-7-14)19(30)27-28-20(31)22(23,24)25/h2-9,18H,10-13H2,1H3,(H,26,32)(H,27,30)(H,28,31). The zero-order valence-corrected chi connectivity index (χ0v) is 19.0. The number of alkyl halides is 3. The minimum absolute atomic E-state index is 0.0465. The highest BCUT2D eigenvalue weighted by Gasteiger charge is 2.39. The molecule has 1 heterocycles. The van der Waals surface area contributed by atoms with Crippen LogP contribution in [-0.4, -0.2) is 54.9 Å². The Hall–Kier alpha value is -3.41. The van der Waals surface area contributed by atoms with Crippen LogP contribution in [0.3, 0.4) is 0 Å². The summed E-state index contributed by atoms with van der Waals surface area (Å²) in [5.41, 5.74) is 4.77. The van der Waals surface area contributed by atoms with E-state index >= 15 is 0 Å². The van der Waals surface area contributed by atoms with Crippen LogP contribution in [0, 0.1) is 0 Å². The third kappa shape index (κ3) is 6.56. The quantitative estimate of drug-likeness (QED) is 0.553. The van der Waals surface area contributed by atoms with Crippen LogP contribution in [0.1, 0.15) is 26.7 Å². The van der Waals surface area contributed by atoms with Crippen molar-refractivity contribution < 1.29 is 32.3 Å². The van der Waals surface area contributed by atoms with Gasteiger partial charge >= 0.3 is 18.1 Å². The number of methoxy groups -OCH3 is 1. The average Bonchev–Trinajstić information content (AvgIpc) is 2.85. The van der Waals surface area contributed by atoms with E-state index in [9.17, 15) is 27.6 Å². The topological polar surface area (TPSA) is 99.8 Å². The Kier molecular flexibility index (Phi) is 8.26. The van der Waals surface area contributed by atoms with Crippen LogP contribution in [-0.2, 0) is 11.3 Å². The summed E-state index contributed by atoms with van der Waals surface area (Å²) >= 11 is 1.76. The molecule has 2 aromatic carbocycles. The van der Waals surface area contributed by atoms with Crippen molar-refractivity contribution in [2.75, 3.05) is 26.0 Å². The lowest BCUT2D eigenvalue weighted by Crippen LogP contribution is -2.47. The third-order valence-electron chi connectivity index (χ3n) is 5.05. The molecule has 3 N–H and O–H groups in total. The fourth-order valence-electron chi connectivity index (χ4n) is 3.27. The molecule has 12 heteroatoms. The highest BCUT2D eigenvalue weighted by atomic mass is 32.2. The van der Waals surface area contributed by atoms with E-state index in [4.69, 9.17) is 4.74 Å². The lowest BCUT2D eigenvalue weighted by Gasteiger charge is -2.33. The Labute approximate surface area is 198 Å². The first-order chi connectivity index (χ1) is 16.2. The van der Waals surface area contributed by atoms with Crippen LogP contribution < -0.4 is 20.9 Å². The minimum atomic E-state index is -5.10. The monoisotopic (exact) mass is 496 g/mol. The van der Waals surface area contributed by atoms with E-state index in [2.05, 4.69) is 5.32 Å². The van der Waals surface area contributed by atoms with Crippen molar-refractivity contribution >= 4 is 29.6 Å². The normalized spacial score (nSPS) is 15.9. The number of carbonyl (C=O) groups excluding carboxylic acids is 3. The van der Waals surface area contributed by atoms with Gasteiger partial charge in [0.25, 0.3) is 5.91 Å². The molecular weight excluding hydrogens is 473 g/mol. The fourth-order valence-corrected chi connectivity index (χ4v) is 4.54. The van der Waals surface area contributed by atoms with Crippen LogP contribution in [0.5, 0.6) is 5.75 Å². The van der Waals surface area contributed by atoms with E-state index in [1.807, 2.05) is 24.3 Å². The van der Waals surface area contributed by atoms with Crippen LogP contribution in [0.2, 0.25) is 0 Å². The van der Waals surface area contributed by atoms with Crippen molar-refractivity contribution in [3.63, 3.8) is 0 Å². The molecule has 34 heavy (non-hydrogen) atoms. The number of benzene rings is 2. The van der Waals surface area contributed by atoms with E-state index in [0.29, 0.717) is 18.7 Å². The molecule has 8 nitrogen and oxygen atoms in total. The zero-order valence-electron chi connectivity index (χ0n) is 18.1. The number of amides is 4.